The number of para-hydroxylation sites is 1. The summed E-state index contributed by atoms with van der Waals surface area (Å²) >= 11 is 0. The van der Waals surface area contributed by atoms with Crippen LogP contribution in [0.2, 0.25) is 0 Å². The molecular weight excluding hydrogens is 476 g/mol. The molecule has 0 fully saturated rings. The topological polar surface area (TPSA) is 86.6 Å². The first-order valence-electron chi connectivity index (χ1n) is 11.6. The molecule has 1 N–H and O–H groups in total. The molecule has 36 heavy (non-hydrogen) atoms. The van der Waals surface area contributed by atoms with E-state index in [0.29, 0.717) is 35.4 Å². The number of nitrogens with one attached hydrogen (secondary N) is 1. The van der Waals surface area contributed by atoms with E-state index in [-0.39, 0.29) is 23.1 Å². The van der Waals surface area contributed by atoms with Gasteiger partial charge in [0.25, 0.3) is 0 Å². The molecule has 0 atom stereocenters. The van der Waals surface area contributed by atoms with E-state index in [1.807, 2.05) is 61.5 Å². The van der Waals surface area contributed by atoms with Gasteiger partial charge in [0.15, 0.2) is 21.3 Å². The number of carbonyl (C=O) groups excluding carboxylic acids is 1. The number of ether oxygens (including phenoxy) is 2. The Kier molecular flexibility index (Phi) is 7.64. The van der Waals surface area contributed by atoms with Crippen molar-refractivity contribution in [2.75, 3.05) is 20.8 Å². The van der Waals surface area contributed by atoms with Gasteiger partial charge in [-0.25, -0.2) is 8.42 Å². The van der Waals surface area contributed by atoms with Gasteiger partial charge < -0.3 is 19.4 Å². The number of aryl methyl sites for hydroxylation is 1. The number of carbonyl (C=O) groups is 1. The molecule has 188 valence electrons. The summed E-state index contributed by atoms with van der Waals surface area (Å²) in [6.07, 6.45) is 2.19. The average molecular weight is 507 g/mol. The molecule has 0 unspecified atom stereocenters. The molecule has 0 aliphatic rings. The molecule has 0 bridgehead atoms. The Labute approximate surface area is 211 Å². The van der Waals surface area contributed by atoms with Crippen molar-refractivity contribution in [1.82, 2.24) is 9.88 Å². The van der Waals surface area contributed by atoms with Gasteiger partial charge in [0.1, 0.15) is 6.54 Å². The molecule has 0 aliphatic carbocycles. The highest BCUT2D eigenvalue weighted by Gasteiger charge is 2.22. The number of aromatic nitrogens is 1. The normalized spacial score (nSPS) is 11.4. The first-order valence-corrected chi connectivity index (χ1v) is 13.3. The minimum absolute atomic E-state index is 0.0203. The lowest BCUT2D eigenvalue weighted by molar-refractivity contribution is -0.121. The number of benzene rings is 3. The fraction of sp³-hybridized carbons (Fsp3) is 0.250. The van der Waals surface area contributed by atoms with Crippen molar-refractivity contribution in [2.24, 2.45) is 0 Å². The number of amides is 1. The Morgan fingerprint density at radius 2 is 1.61 bits per heavy atom. The number of rotatable bonds is 10. The molecule has 3 aromatic carbocycles. The summed E-state index contributed by atoms with van der Waals surface area (Å²) in [6, 6.07) is 20.4. The average Bonchev–Trinajstić information content (AvgIpc) is 3.24. The van der Waals surface area contributed by atoms with E-state index in [0.717, 1.165) is 16.7 Å². The number of fused-ring (bicyclic) bond motifs is 1. The smallest absolute Gasteiger partial charge is 0.239 e. The Balaban J connectivity index is 1.46. The molecule has 0 aliphatic heterocycles. The SMILES string of the molecule is COc1ccc(CCNC(=O)Cn2cc(S(=O)(=O)Cc3ccc(C)cc3)c3ccccc32)cc1OC. The predicted octanol–water partition coefficient (Wildman–Crippen LogP) is 4.30. The van der Waals surface area contributed by atoms with Gasteiger partial charge >= 0.3 is 0 Å². The van der Waals surface area contributed by atoms with Crippen LogP contribution in [0.4, 0.5) is 0 Å². The lowest BCUT2D eigenvalue weighted by Gasteiger charge is -2.10. The quantitative estimate of drug-likeness (QED) is 0.347. The van der Waals surface area contributed by atoms with Gasteiger partial charge in [0, 0.05) is 23.6 Å². The minimum Gasteiger partial charge on any atom is -0.493 e. The standard InChI is InChI=1S/C28H30N2O5S/c1-20-8-10-22(11-9-20)19-36(32,33)27-17-30(24-7-5-4-6-23(24)27)18-28(31)29-15-14-21-12-13-25(34-2)26(16-21)35-3/h4-13,16-17H,14-15,18-19H2,1-3H3,(H,29,31). The molecule has 0 saturated carbocycles. The zero-order valence-corrected chi connectivity index (χ0v) is 21.5. The second kappa shape index (κ2) is 10.9. The second-order valence-electron chi connectivity index (χ2n) is 8.67. The van der Waals surface area contributed by atoms with Gasteiger partial charge in [-0.3, -0.25) is 4.79 Å². The Morgan fingerprint density at radius 3 is 2.33 bits per heavy atom. The summed E-state index contributed by atoms with van der Waals surface area (Å²) in [5.41, 5.74) is 3.51. The fourth-order valence-corrected chi connectivity index (χ4v) is 5.75. The number of methoxy groups -OCH3 is 2. The third-order valence-electron chi connectivity index (χ3n) is 6.06. The number of sulfone groups is 1. The van der Waals surface area contributed by atoms with Crippen LogP contribution < -0.4 is 14.8 Å². The van der Waals surface area contributed by atoms with E-state index in [1.165, 1.54) is 0 Å². The lowest BCUT2D eigenvalue weighted by atomic mass is 10.1. The molecule has 0 saturated heterocycles. The van der Waals surface area contributed by atoms with E-state index in [9.17, 15) is 13.2 Å². The van der Waals surface area contributed by atoms with Gasteiger partial charge in [-0.15, -0.1) is 0 Å². The molecule has 4 aromatic rings. The first-order chi connectivity index (χ1) is 17.3. The number of hydrogen-bond donors (Lipinski definition) is 1. The monoisotopic (exact) mass is 506 g/mol. The molecular formula is C28H30N2O5S. The minimum atomic E-state index is -3.61. The Bertz CT molecular complexity index is 1470. The summed E-state index contributed by atoms with van der Waals surface area (Å²) in [7, 11) is -0.439. The Morgan fingerprint density at radius 1 is 0.917 bits per heavy atom. The molecule has 0 radical (unpaired) electrons. The van der Waals surface area contributed by atoms with E-state index < -0.39 is 9.84 Å². The van der Waals surface area contributed by atoms with Crippen molar-refractivity contribution in [3.05, 3.63) is 89.6 Å². The van der Waals surface area contributed by atoms with Crippen LogP contribution in [0.25, 0.3) is 10.9 Å². The van der Waals surface area contributed by atoms with Gasteiger partial charge in [-0.2, -0.15) is 0 Å². The van der Waals surface area contributed by atoms with Crippen LogP contribution in [0.5, 0.6) is 11.5 Å². The van der Waals surface area contributed by atoms with Gasteiger partial charge in [0.05, 0.1) is 24.9 Å². The summed E-state index contributed by atoms with van der Waals surface area (Å²) in [5.74, 6) is 0.995. The summed E-state index contributed by atoms with van der Waals surface area (Å²) in [4.78, 5) is 13.0. The van der Waals surface area contributed by atoms with Crippen molar-refractivity contribution < 1.29 is 22.7 Å². The molecule has 4 rings (SSSR count). The second-order valence-corrected chi connectivity index (χ2v) is 10.6. The van der Waals surface area contributed by atoms with E-state index in [1.54, 1.807) is 37.1 Å². The van der Waals surface area contributed by atoms with Crippen molar-refractivity contribution >= 4 is 26.6 Å². The van der Waals surface area contributed by atoms with E-state index in [4.69, 9.17) is 9.47 Å². The van der Waals surface area contributed by atoms with Crippen LogP contribution in [0.3, 0.4) is 0 Å². The maximum Gasteiger partial charge on any atom is 0.239 e. The zero-order valence-electron chi connectivity index (χ0n) is 20.7. The lowest BCUT2D eigenvalue weighted by Crippen LogP contribution is -2.29. The largest absolute Gasteiger partial charge is 0.493 e. The predicted molar refractivity (Wildman–Crippen MR) is 140 cm³/mol. The van der Waals surface area contributed by atoms with E-state index in [2.05, 4.69) is 5.32 Å². The fourth-order valence-electron chi connectivity index (χ4n) is 4.17. The Hall–Kier alpha value is -3.78. The van der Waals surface area contributed by atoms with Crippen molar-refractivity contribution in [2.45, 2.75) is 30.5 Å². The number of nitrogens with zero attached hydrogens (tertiary/aromatic N) is 1. The van der Waals surface area contributed by atoms with Crippen LogP contribution in [-0.4, -0.2) is 39.7 Å². The summed E-state index contributed by atoms with van der Waals surface area (Å²) < 4.78 is 38.9. The molecule has 7 nitrogen and oxygen atoms in total. The molecule has 8 heteroatoms. The maximum atomic E-state index is 13.3. The maximum absolute atomic E-state index is 13.3. The molecule has 1 heterocycles. The summed E-state index contributed by atoms with van der Waals surface area (Å²) in [5, 5.41) is 3.54. The van der Waals surface area contributed by atoms with Gasteiger partial charge in [-0.1, -0.05) is 54.1 Å². The number of hydrogen-bond acceptors (Lipinski definition) is 5. The highest BCUT2D eigenvalue weighted by atomic mass is 32.2. The van der Waals surface area contributed by atoms with Gasteiger partial charge in [-0.05, 0) is 42.7 Å². The van der Waals surface area contributed by atoms with Crippen LogP contribution in [0.15, 0.2) is 77.8 Å². The van der Waals surface area contributed by atoms with Crippen LogP contribution in [-0.2, 0) is 33.4 Å². The highest BCUT2D eigenvalue weighted by molar-refractivity contribution is 7.90. The van der Waals surface area contributed by atoms with Gasteiger partial charge in [0.2, 0.25) is 5.91 Å². The van der Waals surface area contributed by atoms with E-state index >= 15 is 0 Å². The molecule has 1 amide bonds. The third-order valence-corrected chi connectivity index (χ3v) is 7.77. The van der Waals surface area contributed by atoms with Crippen LogP contribution >= 0.6 is 0 Å². The molecule has 0 spiro atoms. The zero-order chi connectivity index (χ0) is 25.7. The highest BCUT2D eigenvalue weighted by Crippen LogP contribution is 2.29. The third kappa shape index (κ3) is 5.71. The first kappa shape index (κ1) is 25.3. The summed E-state index contributed by atoms with van der Waals surface area (Å²) in [6.45, 7) is 2.42. The molecule has 1 aromatic heterocycles. The van der Waals surface area contributed by atoms with Crippen molar-refractivity contribution in [3.8, 4) is 11.5 Å². The van der Waals surface area contributed by atoms with Crippen molar-refractivity contribution in [1.29, 1.82) is 0 Å². The van der Waals surface area contributed by atoms with Crippen LogP contribution in [0.1, 0.15) is 16.7 Å². The van der Waals surface area contributed by atoms with Crippen molar-refractivity contribution in [3.63, 3.8) is 0 Å². The van der Waals surface area contributed by atoms with Crippen LogP contribution in [0, 0.1) is 6.92 Å².